The first-order chi connectivity index (χ1) is 12.0. The summed E-state index contributed by atoms with van der Waals surface area (Å²) in [6.45, 7) is 1.53. The average molecular weight is 373 g/mol. The summed E-state index contributed by atoms with van der Waals surface area (Å²) in [4.78, 5) is 19.8. The van der Waals surface area contributed by atoms with Crippen molar-refractivity contribution in [3.05, 3.63) is 70.5 Å². The normalized spacial score (nSPS) is 10.4. The number of nitrogens with one attached hydrogen (secondary N) is 2. The van der Waals surface area contributed by atoms with Gasteiger partial charge in [-0.15, -0.1) is 0 Å². The van der Waals surface area contributed by atoms with Gasteiger partial charge in [0.15, 0.2) is 5.78 Å². The van der Waals surface area contributed by atoms with E-state index in [2.05, 4.69) is 20.6 Å². The van der Waals surface area contributed by atoms with Gasteiger partial charge >= 0.3 is 0 Å². The molecule has 0 aliphatic heterocycles. The van der Waals surface area contributed by atoms with Crippen molar-refractivity contribution >= 4 is 52.0 Å². The van der Waals surface area contributed by atoms with E-state index in [-0.39, 0.29) is 5.78 Å². The zero-order chi connectivity index (χ0) is 17.8. The van der Waals surface area contributed by atoms with Gasteiger partial charge in [0, 0.05) is 17.3 Å². The van der Waals surface area contributed by atoms with E-state index in [1.807, 2.05) is 12.1 Å². The van der Waals surface area contributed by atoms with Gasteiger partial charge in [-0.2, -0.15) is 0 Å². The van der Waals surface area contributed by atoms with Crippen molar-refractivity contribution in [3.63, 3.8) is 0 Å². The Labute approximate surface area is 155 Å². The van der Waals surface area contributed by atoms with E-state index >= 15 is 0 Å². The Hall–Kier alpha value is -2.63. The zero-order valence-corrected chi connectivity index (χ0v) is 14.8. The van der Waals surface area contributed by atoms with Gasteiger partial charge in [-0.25, -0.2) is 9.97 Å². The molecule has 0 unspecified atom stereocenters. The number of Topliss-reactive ketones (excluding diaryl/α,β-unsaturated/α-hetero) is 1. The molecule has 0 saturated heterocycles. The molecule has 2 N–H and O–H groups in total. The SMILES string of the molecule is CC(=O)c1cccc(Nc2cc(Nc3cccc(Cl)c3Cl)ncn2)c1. The van der Waals surface area contributed by atoms with Gasteiger partial charge in [0.05, 0.1) is 15.7 Å². The van der Waals surface area contributed by atoms with Crippen molar-refractivity contribution in [1.29, 1.82) is 0 Å². The lowest BCUT2D eigenvalue weighted by Crippen LogP contribution is -2.00. The second-order valence-corrected chi connectivity index (χ2v) is 6.06. The van der Waals surface area contributed by atoms with Crippen molar-refractivity contribution < 1.29 is 4.79 Å². The second kappa shape index (κ2) is 7.51. The first-order valence-corrected chi connectivity index (χ1v) is 8.19. The number of hydrogen-bond acceptors (Lipinski definition) is 5. The molecule has 3 aromatic rings. The van der Waals surface area contributed by atoms with E-state index in [9.17, 15) is 4.79 Å². The molecule has 0 aliphatic rings. The van der Waals surface area contributed by atoms with Crippen molar-refractivity contribution in [1.82, 2.24) is 9.97 Å². The number of nitrogens with zero attached hydrogens (tertiary/aromatic N) is 2. The van der Waals surface area contributed by atoms with Crippen molar-refractivity contribution in [2.24, 2.45) is 0 Å². The molecule has 0 bridgehead atoms. The molecule has 0 atom stereocenters. The van der Waals surface area contributed by atoms with E-state index in [0.717, 1.165) is 5.69 Å². The van der Waals surface area contributed by atoms with Crippen LogP contribution in [0.3, 0.4) is 0 Å². The van der Waals surface area contributed by atoms with Gasteiger partial charge in [0.1, 0.15) is 18.0 Å². The van der Waals surface area contributed by atoms with E-state index in [1.165, 1.54) is 13.3 Å². The van der Waals surface area contributed by atoms with E-state index < -0.39 is 0 Å². The van der Waals surface area contributed by atoms with Crippen LogP contribution in [0.4, 0.5) is 23.0 Å². The molecule has 7 heteroatoms. The summed E-state index contributed by atoms with van der Waals surface area (Å²) >= 11 is 12.2. The molecule has 0 spiro atoms. The largest absolute Gasteiger partial charge is 0.340 e. The Bertz CT molecular complexity index is 930. The minimum Gasteiger partial charge on any atom is -0.340 e. The summed E-state index contributed by atoms with van der Waals surface area (Å²) in [5, 5.41) is 7.14. The maximum atomic E-state index is 11.5. The van der Waals surface area contributed by atoms with Crippen LogP contribution in [0.1, 0.15) is 17.3 Å². The van der Waals surface area contributed by atoms with Crippen LogP contribution in [0.2, 0.25) is 10.0 Å². The predicted octanol–water partition coefficient (Wildman–Crippen LogP) is 5.47. The molecule has 126 valence electrons. The minimum absolute atomic E-state index is 0.00397. The Morgan fingerprint density at radius 2 is 1.68 bits per heavy atom. The van der Waals surface area contributed by atoms with Gasteiger partial charge in [-0.3, -0.25) is 4.79 Å². The highest BCUT2D eigenvalue weighted by atomic mass is 35.5. The fourth-order valence-electron chi connectivity index (χ4n) is 2.20. The molecular formula is C18H14Cl2N4O. The monoisotopic (exact) mass is 372 g/mol. The molecule has 0 fully saturated rings. The Balaban J connectivity index is 1.81. The molecule has 5 nitrogen and oxygen atoms in total. The molecule has 0 amide bonds. The Morgan fingerprint density at radius 1 is 0.960 bits per heavy atom. The van der Waals surface area contributed by atoms with Crippen LogP contribution in [0.5, 0.6) is 0 Å². The molecule has 2 aromatic carbocycles. The smallest absolute Gasteiger partial charge is 0.159 e. The molecule has 3 rings (SSSR count). The number of rotatable bonds is 5. The summed E-state index contributed by atoms with van der Waals surface area (Å²) in [6, 6.07) is 14.2. The number of anilines is 4. The molecular weight excluding hydrogens is 359 g/mol. The minimum atomic E-state index is 0.00397. The van der Waals surface area contributed by atoms with Crippen LogP contribution in [-0.4, -0.2) is 15.8 Å². The maximum Gasteiger partial charge on any atom is 0.159 e. The zero-order valence-electron chi connectivity index (χ0n) is 13.3. The van der Waals surface area contributed by atoms with Crippen LogP contribution >= 0.6 is 23.2 Å². The molecule has 1 heterocycles. The number of benzene rings is 2. The first kappa shape index (κ1) is 17.2. The van der Waals surface area contributed by atoms with E-state index in [0.29, 0.717) is 32.9 Å². The highest BCUT2D eigenvalue weighted by Crippen LogP contribution is 2.31. The van der Waals surface area contributed by atoms with Crippen LogP contribution < -0.4 is 10.6 Å². The number of halogens is 2. The van der Waals surface area contributed by atoms with Crippen LogP contribution in [-0.2, 0) is 0 Å². The average Bonchev–Trinajstić information content (AvgIpc) is 2.59. The summed E-state index contributed by atoms with van der Waals surface area (Å²) in [5.41, 5.74) is 2.04. The van der Waals surface area contributed by atoms with Crippen molar-refractivity contribution in [2.45, 2.75) is 6.92 Å². The summed E-state index contributed by atoms with van der Waals surface area (Å²) in [7, 11) is 0. The first-order valence-electron chi connectivity index (χ1n) is 7.44. The van der Waals surface area contributed by atoms with Crippen LogP contribution in [0.25, 0.3) is 0 Å². The number of hydrogen-bond donors (Lipinski definition) is 2. The highest BCUT2D eigenvalue weighted by Gasteiger charge is 2.07. The molecule has 0 saturated carbocycles. The van der Waals surface area contributed by atoms with E-state index in [1.54, 1.807) is 36.4 Å². The lowest BCUT2D eigenvalue weighted by molar-refractivity contribution is 0.101. The van der Waals surface area contributed by atoms with E-state index in [4.69, 9.17) is 23.2 Å². The summed E-state index contributed by atoms with van der Waals surface area (Å²) < 4.78 is 0. The van der Waals surface area contributed by atoms with Gasteiger partial charge in [-0.1, -0.05) is 41.4 Å². The predicted molar refractivity (Wildman–Crippen MR) is 102 cm³/mol. The van der Waals surface area contributed by atoms with Gasteiger partial charge in [0.2, 0.25) is 0 Å². The standard InChI is InChI=1S/C18H14Cl2N4O/c1-11(25)12-4-2-5-13(8-12)23-16-9-17(22-10-21-16)24-15-7-3-6-14(19)18(15)20/h2-10H,1H3,(H2,21,22,23,24). The lowest BCUT2D eigenvalue weighted by atomic mass is 10.1. The lowest BCUT2D eigenvalue weighted by Gasteiger charge is -2.10. The fraction of sp³-hybridized carbons (Fsp3) is 0.0556. The molecule has 1 aromatic heterocycles. The van der Waals surface area contributed by atoms with Crippen LogP contribution in [0.15, 0.2) is 54.9 Å². The molecule has 25 heavy (non-hydrogen) atoms. The third kappa shape index (κ3) is 4.26. The molecule has 0 radical (unpaired) electrons. The topological polar surface area (TPSA) is 66.9 Å². The van der Waals surface area contributed by atoms with Gasteiger partial charge in [-0.05, 0) is 31.2 Å². The number of carbonyl (C=O) groups excluding carboxylic acids is 1. The van der Waals surface area contributed by atoms with Crippen LogP contribution in [0, 0.1) is 0 Å². The second-order valence-electron chi connectivity index (χ2n) is 5.28. The summed E-state index contributed by atoms with van der Waals surface area (Å²) in [5.74, 6) is 1.14. The van der Waals surface area contributed by atoms with Gasteiger partial charge < -0.3 is 10.6 Å². The summed E-state index contributed by atoms with van der Waals surface area (Å²) in [6.07, 6.45) is 1.43. The molecule has 0 aliphatic carbocycles. The van der Waals surface area contributed by atoms with Crippen molar-refractivity contribution in [2.75, 3.05) is 10.6 Å². The third-order valence-electron chi connectivity index (χ3n) is 3.42. The number of carbonyl (C=O) groups is 1. The Morgan fingerprint density at radius 3 is 2.44 bits per heavy atom. The third-order valence-corrected chi connectivity index (χ3v) is 4.24. The quantitative estimate of drug-likeness (QED) is 0.580. The highest BCUT2D eigenvalue weighted by molar-refractivity contribution is 6.43. The fourth-order valence-corrected chi connectivity index (χ4v) is 2.54. The number of aromatic nitrogens is 2. The number of ketones is 1. The van der Waals surface area contributed by atoms with Crippen molar-refractivity contribution in [3.8, 4) is 0 Å². The van der Waals surface area contributed by atoms with Gasteiger partial charge in [0.25, 0.3) is 0 Å². The maximum absolute atomic E-state index is 11.5. The Kier molecular flexibility index (Phi) is 5.16.